The normalized spacial score (nSPS) is 27.9. The summed E-state index contributed by atoms with van der Waals surface area (Å²) in [5, 5.41) is 0. The lowest BCUT2D eigenvalue weighted by Crippen LogP contribution is -2.50. The summed E-state index contributed by atoms with van der Waals surface area (Å²) >= 11 is 0. The number of hydrogen-bond acceptors (Lipinski definition) is 9. The number of fused-ring (bicyclic) bond motifs is 3. The second kappa shape index (κ2) is 10.1. The Balaban J connectivity index is 1.77. The van der Waals surface area contributed by atoms with Gasteiger partial charge in [-0.3, -0.25) is 4.79 Å². The molecule has 38 heavy (non-hydrogen) atoms. The van der Waals surface area contributed by atoms with Gasteiger partial charge in [0.15, 0.2) is 17.3 Å². The van der Waals surface area contributed by atoms with Gasteiger partial charge in [-0.2, -0.15) is 0 Å². The van der Waals surface area contributed by atoms with E-state index in [0.717, 1.165) is 11.1 Å². The van der Waals surface area contributed by atoms with Crippen molar-refractivity contribution < 1.29 is 42.9 Å². The van der Waals surface area contributed by atoms with Crippen LogP contribution in [0.15, 0.2) is 52.6 Å². The lowest BCUT2D eigenvalue weighted by molar-refractivity contribution is -0.172. The molecule has 1 aliphatic heterocycles. The summed E-state index contributed by atoms with van der Waals surface area (Å²) < 4.78 is 28.1. The average molecular weight is 525 g/mol. The van der Waals surface area contributed by atoms with Gasteiger partial charge >= 0.3 is 17.9 Å². The minimum Gasteiger partial charge on any atom is -0.493 e. The van der Waals surface area contributed by atoms with Crippen molar-refractivity contribution in [2.24, 2.45) is 11.8 Å². The highest BCUT2D eigenvalue weighted by atomic mass is 16.6. The zero-order chi connectivity index (χ0) is 27.9. The fraction of sp³-hybridized carbons (Fsp3) is 0.448. The third-order valence-electron chi connectivity index (χ3n) is 7.36. The van der Waals surface area contributed by atoms with Crippen LogP contribution in [0.2, 0.25) is 0 Å². The molecule has 3 aliphatic rings. The van der Waals surface area contributed by atoms with Gasteiger partial charge in [-0.05, 0) is 58.9 Å². The molecule has 9 nitrogen and oxygen atoms in total. The van der Waals surface area contributed by atoms with Crippen LogP contribution < -0.4 is 9.47 Å². The van der Waals surface area contributed by atoms with E-state index in [1.807, 2.05) is 0 Å². The van der Waals surface area contributed by atoms with Gasteiger partial charge in [0.05, 0.1) is 25.7 Å². The van der Waals surface area contributed by atoms with E-state index < -0.39 is 47.6 Å². The van der Waals surface area contributed by atoms with E-state index >= 15 is 0 Å². The van der Waals surface area contributed by atoms with Crippen LogP contribution in [0, 0.1) is 11.8 Å². The summed E-state index contributed by atoms with van der Waals surface area (Å²) in [4.78, 5) is 52.3. The van der Waals surface area contributed by atoms with Crippen molar-refractivity contribution in [3.8, 4) is 11.5 Å². The summed E-state index contributed by atoms with van der Waals surface area (Å²) in [5.41, 5.74) is 1.13. The molecule has 0 aromatic heterocycles. The molecule has 9 heteroatoms. The molecule has 0 N–H and O–H groups in total. The van der Waals surface area contributed by atoms with Crippen molar-refractivity contribution in [3.05, 3.63) is 58.2 Å². The first-order valence-corrected chi connectivity index (χ1v) is 12.3. The number of rotatable bonds is 6. The van der Waals surface area contributed by atoms with E-state index in [1.54, 1.807) is 39.8 Å². The molecule has 1 heterocycles. The SMILES string of the molecule is COc1ccc(C(=O)O[C@H]2CC(C)=C3C(=O)C=C(C)[C@@H]3[C@H]3OC(=O)[C@@](C)(OC(=O)C=C(C)C)[C@@H]32)cc1OC. The summed E-state index contributed by atoms with van der Waals surface area (Å²) in [7, 11) is 2.94. The molecular weight excluding hydrogens is 492 g/mol. The van der Waals surface area contributed by atoms with Gasteiger partial charge in [-0.25, -0.2) is 14.4 Å². The maximum absolute atomic E-state index is 13.4. The van der Waals surface area contributed by atoms with Gasteiger partial charge in [0, 0.05) is 24.0 Å². The molecule has 202 valence electrons. The standard InChI is InChI=1S/C29H32O9/c1-14(2)10-22(31)38-29(5)25-21(36-27(32)17-8-9-19(34-6)20(13-17)35-7)12-16(4)23-18(30)11-15(3)24(23)26(25)37-28(29)33/h8-11,13,21,24-26H,12H2,1-7H3/t21-,24-,25+,26+,29-/m0/s1. The highest BCUT2D eigenvalue weighted by Gasteiger charge is 2.65. The Hall–Kier alpha value is -3.88. The van der Waals surface area contributed by atoms with E-state index in [4.69, 9.17) is 23.7 Å². The smallest absolute Gasteiger partial charge is 0.351 e. The summed E-state index contributed by atoms with van der Waals surface area (Å²) in [6.07, 6.45) is 1.17. The van der Waals surface area contributed by atoms with E-state index in [9.17, 15) is 19.2 Å². The maximum Gasteiger partial charge on any atom is 0.351 e. The van der Waals surface area contributed by atoms with E-state index in [-0.39, 0.29) is 17.8 Å². The van der Waals surface area contributed by atoms with Crippen LogP contribution in [0.4, 0.5) is 0 Å². The van der Waals surface area contributed by atoms with E-state index in [0.29, 0.717) is 22.6 Å². The number of methoxy groups -OCH3 is 2. The minimum absolute atomic E-state index is 0.158. The Morgan fingerprint density at radius 1 is 1.08 bits per heavy atom. The summed E-state index contributed by atoms with van der Waals surface area (Å²) in [6.45, 7) is 8.55. The van der Waals surface area contributed by atoms with Gasteiger partial charge in [0.25, 0.3) is 0 Å². The van der Waals surface area contributed by atoms with Gasteiger partial charge in [-0.1, -0.05) is 16.7 Å². The van der Waals surface area contributed by atoms with Crippen molar-refractivity contribution in [2.45, 2.75) is 58.8 Å². The Morgan fingerprint density at radius 3 is 2.39 bits per heavy atom. The molecular formula is C29H32O9. The molecule has 1 fully saturated rings. The first kappa shape index (κ1) is 27.2. The fourth-order valence-electron chi connectivity index (χ4n) is 5.67. The van der Waals surface area contributed by atoms with Gasteiger partial charge in [0.2, 0.25) is 5.60 Å². The zero-order valence-corrected chi connectivity index (χ0v) is 22.6. The number of carbonyl (C=O) groups excluding carboxylic acids is 4. The molecule has 0 saturated carbocycles. The lowest BCUT2D eigenvalue weighted by Gasteiger charge is -2.34. The Morgan fingerprint density at radius 2 is 1.76 bits per heavy atom. The van der Waals surface area contributed by atoms with Crippen LogP contribution in [0.3, 0.4) is 0 Å². The molecule has 0 bridgehead atoms. The molecule has 1 aromatic carbocycles. The second-order valence-corrected chi connectivity index (χ2v) is 10.3. The van der Waals surface area contributed by atoms with Crippen LogP contribution in [0.25, 0.3) is 0 Å². The van der Waals surface area contributed by atoms with Crippen molar-refractivity contribution in [1.29, 1.82) is 0 Å². The predicted octanol–water partition coefficient (Wildman–Crippen LogP) is 3.90. The molecule has 0 amide bonds. The maximum atomic E-state index is 13.4. The van der Waals surface area contributed by atoms with Crippen LogP contribution in [-0.2, 0) is 28.6 Å². The van der Waals surface area contributed by atoms with Crippen molar-refractivity contribution in [1.82, 2.24) is 0 Å². The number of ether oxygens (including phenoxy) is 5. The molecule has 1 aromatic rings. The zero-order valence-electron chi connectivity index (χ0n) is 22.6. The largest absolute Gasteiger partial charge is 0.493 e. The minimum atomic E-state index is -1.75. The van der Waals surface area contributed by atoms with Crippen molar-refractivity contribution >= 4 is 23.7 Å². The number of benzene rings is 1. The van der Waals surface area contributed by atoms with Gasteiger partial charge in [-0.15, -0.1) is 0 Å². The highest BCUT2D eigenvalue weighted by molar-refractivity contribution is 6.09. The van der Waals surface area contributed by atoms with Crippen molar-refractivity contribution in [3.63, 3.8) is 0 Å². The number of esters is 3. The third kappa shape index (κ3) is 4.61. The summed E-state index contributed by atoms with van der Waals surface area (Å²) in [6, 6.07) is 4.62. The average Bonchev–Trinajstić information content (AvgIpc) is 3.22. The second-order valence-electron chi connectivity index (χ2n) is 10.3. The Bertz CT molecular complexity index is 1300. The van der Waals surface area contributed by atoms with Gasteiger partial charge in [0.1, 0.15) is 12.2 Å². The first-order chi connectivity index (χ1) is 17.9. The monoisotopic (exact) mass is 524 g/mol. The fourth-order valence-corrected chi connectivity index (χ4v) is 5.67. The van der Waals surface area contributed by atoms with E-state index in [1.165, 1.54) is 39.4 Å². The van der Waals surface area contributed by atoms with Crippen LogP contribution in [-0.4, -0.2) is 55.7 Å². The molecule has 1 saturated heterocycles. The van der Waals surface area contributed by atoms with Crippen LogP contribution in [0.1, 0.15) is 51.4 Å². The molecule has 4 rings (SSSR count). The molecule has 5 atom stereocenters. The van der Waals surface area contributed by atoms with Crippen molar-refractivity contribution in [2.75, 3.05) is 14.2 Å². The van der Waals surface area contributed by atoms with E-state index in [2.05, 4.69) is 0 Å². The quantitative estimate of drug-likeness (QED) is 0.310. The number of hydrogen-bond donors (Lipinski definition) is 0. The number of allylic oxidation sites excluding steroid dienone is 2. The molecule has 2 aliphatic carbocycles. The number of carbonyl (C=O) groups is 4. The molecule has 0 radical (unpaired) electrons. The lowest BCUT2D eigenvalue weighted by atomic mass is 9.77. The molecule has 0 spiro atoms. The van der Waals surface area contributed by atoms with Crippen LogP contribution in [0.5, 0.6) is 11.5 Å². The summed E-state index contributed by atoms with van der Waals surface area (Å²) in [5.74, 6) is -2.90. The molecule has 0 unspecified atom stereocenters. The Kier molecular flexibility index (Phi) is 7.23. The van der Waals surface area contributed by atoms with Crippen LogP contribution >= 0.6 is 0 Å². The predicted molar refractivity (Wildman–Crippen MR) is 136 cm³/mol. The first-order valence-electron chi connectivity index (χ1n) is 12.3. The van der Waals surface area contributed by atoms with Gasteiger partial charge < -0.3 is 23.7 Å². The number of ketones is 1. The highest BCUT2D eigenvalue weighted by Crippen LogP contribution is 2.51. The topological polar surface area (TPSA) is 114 Å². The third-order valence-corrected chi connectivity index (χ3v) is 7.36. The Labute approximate surface area is 221 Å².